The summed E-state index contributed by atoms with van der Waals surface area (Å²) in [5.41, 5.74) is 6.05. The van der Waals surface area contributed by atoms with Gasteiger partial charge in [-0.2, -0.15) is 0 Å². The molecular weight excluding hydrogens is 458 g/mol. The first kappa shape index (κ1) is 24.3. The molecule has 2 N–H and O–H groups in total. The number of para-hydroxylation sites is 1. The van der Waals surface area contributed by atoms with Crippen molar-refractivity contribution in [2.45, 2.75) is 32.5 Å². The zero-order chi connectivity index (χ0) is 24.8. The highest BCUT2D eigenvalue weighted by molar-refractivity contribution is 7.99. The summed E-state index contributed by atoms with van der Waals surface area (Å²) in [4.78, 5) is 12.8. The summed E-state index contributed by atoms with van der Waals surface area (Å²) < 4.78 is 7.21. The molecule has 0 spiro atoms. The van der Waals surface area contributed by atoms with Crippen LogP contribution >= 0.6 is 11.8 Å². The molecule has 0 aliphatic heterocycles. The molecule has 0 atom stereocenters. The maximum Gasteiger partial charge on any atom is 0.234 e. The Kier molecular flexibility index (Phi) is 7.72. The van der Waals surface area contributed by atoms with Gasteiger partial charge in [-0.1, -0.05) is 47.7 Å². The SMILES string of the molecule is COc1ccc(NCc2nnc(SCC(=O)Nc3c(C)cc(C)cc3C)n2-c2ccccc2)cc1. The van der Waals surface area contributed by atoms with Crippen molar-refractivity contribution in [1.82, 2.24) is 14.8 Å². The van der Waals surface area contributed by atoms with Crippen molar-refractivity contribution < 1.29 is 9.53 Å². The van der Waals surface area contributed by atoms with Gasteiger partial charge in [0.15, 0.2) is 11.0 Å². The zero-order valence-corrected chi connectivity index (χ0v) is 21.1. The molecule has 0 unspecified atom stereocenters. The van der Waals surface area contributed by atoms with Crippen molar-refractivity contribution in [3.63, 3.8) is 0 Å². The van der Waals surface area contributed by atoms with E-state index in [9.17, 15) is 4.79 Å². The van der Waals surface area contributed by atoms with E-state index in [0.29, 0.717) is 11.7 Å². The zero-order valence-electron chi connectivity index (χ0n) is 20.3. The Morgan fingerprint density at radius 3 is 2.31 bits per heavy atom. The van der Waals surface area contributed by atoms with Crippen LogP contribution in [0.15, 0.2) is 71.9 Å². The molecule has 4 aromatic rings. The summed E-state index contributed by atoms with van der Waals surface area (Å²) in [6, 6.07) is 21.8. The van der Waals surface area contributed by atoms with Crippen molar-refractivity contribution in [2.24, 2.45) is 0 Å². The van der Waals surface area contributed by atoms with Crippen LogP contribution in [0.5, 0.6) is 5.75 Å². The highest BCUT2D eigenvalue weighted by atomic mass is 32.2. The van der Waals surface area contributed by atoms with E-state index in [1.807, 2.05) is 73.0 Å². The van der Waals surface area contributed by atoms with Gasteiger partial charge in [0.2, 0.25) is 5.91 Å². The van der Waals surface area contributed by atoms with E-state index < -0.39 is 0 Å². The lowest BCUT2D eigenvalue weighted by Crippen LogP contribution is -2.16. The summed E-state index contributed by atoms with van der Waals surface area (Å²) in [7, 11) is 1.65. The number of amides is 1. The van der Waals surface area contributed by atoms with Gasteiger partial charge in [0.05, 0.1) is 19.4 Å². The number of carbonyl (C=O) groups is 1. The van der Waals surface area contributed by atoms with E-state index in [0.717, 1.165) is 39.8 Å². The van der Waals surface area contributed by atoms with E-state index in [4.69, 9.17) is 4.74 Å². The molecule has 0 aliphatic carbocycles. The Labute approximate surface area is 209 Å². The normalized spacial score (nSPS) is 10.7. The third-order valence-corrected chi connectivity index (χ3v) is 6.46. The molecule has 35 heavy (non-hydrogen) atoms. The number of benzene rings is 3. The average molecular weight is 488 g/mol. The number of rotatable bonds is 9. The van der Waals surface area contributed by atoms with E-state index in [1.165, 1.54) is 17.3 Å². The first-order valence-corrected chi connectivity index (χ1v) is 12.3. The summed E-state index contributed by atoms with van der Waals surface area (Å²) >= 11 is 1.36. The number of ether oxygens (including phenoxy) is 1. The molecule has 1 heterocycles. The smallest absolute Gasteiger partial charge is 0.234 e. The number of thioether (sulfide) groups is 1. The Bertz CT molecular complexity index is 1280. The fraction of sp³-hybridized carbons (Fsp3) is 0.222. The second-order valence-corrected chi connectivity index (χ2v) is 9.20. The fourth-order valence-corrected chi connectivity index (χ4v) is 4.69. The maximum absolute atomic E-state index is 12.8. The van der Waals surface area contributed by atoms with Crippen LogP contribution in [0.3, 0.4) is 0 Å². The average Bonchev–Trinajstić information content (AvgIpc) is 3.27. The third kappa shape index (κ3) is 6.02. The molecule has 0 aliphatic rings. The topological polar surface area (TPSA) is 81.1 Å². The third-order valence-electron chi connectivity index (χ3n) is 5.53. The van der Waals surface area contributed by atoms with Crippen LogP contribution in [-0.2, 0) is 11.3 Å². The summed E-state index contributed by atoms with van der Waals surface area (Å²) in [6.45, 7) is 6.55. The molecule has 0 radical (unpaired) electrons. The van der Waals surface area contributed by atoms with Crippen LogP contribution in [0.4, 0.5) is 11.4 Å². The Hall–Kier alpha value is -3.78. The molecular formula is C27H29N5O2S. The van der Waals surface area contributed by atoms with E-state index >= 15 is 0 Å². The largest absolute Gasteiger partial charge is 0.497 e. The van der Waals surface area contributed by atoms with Crippen molar-refractivity contribution in [3.8, 4) is 11.4 Å². The number of carbonyl (C=O) groups excluding carboxylic acids is 1. The van der Waals surface area contributed by atoms with Crippen LogP contribution in [0.1, 0.15) is 22.5 Å². The first-order chi connectivity index (χ1) is 16.9. The molecule has 8 heteroatoms. The minimum absolute atomic E-state index is 0.0782. The Balaban J connectivity index is 1.49. The molecule has 0 bridgehead atoms. The van der Waals surface area contributed by atoms with Crippen LogP contribution < -0.4 is 15.4 Å². The van der Waals surface area contributed by atoms with Gasteiger partial charge in [-0.25, -0.2) is 0 Å². The lowest BCUT2D eigenvalue weighted by Gasteiger charge is -2.13. The maximum atomic E-state index is 12.8. The number of anilines is 2. The summed E-state index contributed by atoms with van der Waals surface area (Å²) in [5.74, 6) is 1.70. The van der Waals surface area contributed by atoms with Gasteiger partial charge in [0, 0.05) is 17.1 Å². The fourth-order valence-electron chi connectivity index (χ4n) is 3.92. The molecule has 1 amide bonds. The van der Waals surface area contributed by atoms with Crippen molar-refractivity contribution in [3.05, 3.63) is 89.2 Å². The summed E-state index contributed by atoms with van der Waals surface area (Å²) in [5, 5.41) is 15.9. The van der Waals surface area contributed by atoms with Crippen molar-refractivity contribution in [1.29, 1.82) is 0 Å². The van der Waals surface area contributed by atoms with Crippen LogP contribution in [0.2, 0.25) is 0 Å². The van der Waals surface area contributed by atoms with Crippen LogP contribution in [-0.4, -0.2) is 33.5 Å². The number of aryl methyl sites for hydroxylation is 3. The molecule has 0 saturated heterocycles. The first-order valence-electron chi connectivity index (χ1n) is 11.3. The molecule has 180 valence electrons. The van der Waals surface area contributed by atoms with Gasteiger partial charge in [-0.3, -0.25) is 9.36 Å². The minimum atomic E-state index is -0.0782. The molecule has 4 rings (SSSR count). The molecule has 7 nitrogen and oxygen atoms in total. The van der Waals surface area contributed by atoms with E-state index in [1.54, 1.807) is 7.11 Å². The molecule has 1 aromatic heterocycles. The number of aromatic nitrogens is 3. The number of nitrogens with one attached hydrogen (secondary N) is 2. The van der Waals surface area contributed by atoms with Gasteiger partial charge in [0.1, 0.15) is 5.75 Å². The molecule has 0 fully saturated rings. The van der Waals surface area contributed by atoms with Gasteiger partial charge in [-0.15, -0.1) is 10.2 Å². The van der Waals surface area contributed by atoms with Gasteiger partial charge in [-0.05, 0) is 68.3 Å². The van der Waals surface area contributed by atoms with Crippen LogP contribution in [0, 0.1) is 20.8 Å². The highest BCUT2D eigenvalue weighted by Crippen LogP contribution is 2.25. The standard InChI is InChI=1S/C27H29N5O2S/c1-18-14-19(2)26(20(3)15-18)29-25(33)17-35-27-31-30-24(32(27)22-8-6-5-7-9-22)16-28-21-10-12-23(34-4)13-11-21/h5-15,28H,16-17H2,1-4H3,(H,29,33). The predicted octanol–water partition coefficient (Wildman–Crippen LogP) is 5.54. The van der Waals surface area contributed by atoms with Crippen LogP contribution in [0.25, 0.3) is 5.69 Å². The monoisotopic (exact) mass is 487 g/mol. The number of methoxy groups -OCH3 is 1. The highest BCUT2D eigenvalue weighted by Gasteiger charge is 2.17. The van der Waals surface area contributed by atoms with Gasteiger partial charge < -0.3 is 15.4 Å². The number of nitrogens with zero attached hydrogens (tertiary/aromatic N) is 3. The van der Waals surface area contributed by atoms with E-state index in [2.05, 4.69) is 39.9 Å². The lowest BCUT2D eigenvalue weighted by atomic mass is 10.1. The second kappa shape index (κ2) is 11.1. The lowest BCUT2D eigenvalue weighted by molar-refractivity contribution is -0.113. The predicted molar refractivity (Wildman–Crippen MR) is 142 cm³/mol. The molecule has 0 saturated carbocycles. The second-order valence-electron chi connectivity index (χ2n) is 8.26. The van der Waals surface area contributed by atoms with Crippen molar-refractivity contribution in [2.75, 3.05) is 23.5 Å². The number of hydrogen-bond donors (Lipinski definition) is 2. The minimum Gasteiger partial charge on any atom is -0.497 e. The van der Waals surface area contributed by atoms with Crippen molar-refractivity contribution >= 4 is 29.0 Å². The summed E-state index contributed by atoms with van der Waals surface area (Å²) in [6.07, 6.45) is 0. The molecule has 3 aromatic carbocycles. The van der Waals surface area contributed by atoms with Gasteiger partial charge >= 0.3 is 0 Å². The Morgan fingerprint density at radius 2 is 1.66 bits per heavy atom. The number of hydrogen-bond acceptors (Lipinski definition) is 6. The quantitative estimate of drug-likeness (QED) is 0.302. The Morgan fingerprint density at radius 1 is 0.971 bits per heavy atom. The van der Waals surface area contributed by atoms with E-state index in [-0.39, 0.29) is 11.7 Å². The van der Waals surface area contributed by atoms with Gasteiger partial charge in [0.25, 0.3) is 0 Å².